The van der Waals surface area contributed by atoms with E-state index in [1.165, 1.54) is 5.56 Å². The summed E-state index contributed by atoms with van der Waals surface area (Å²) in [5, 5.41) is 1.97. The van der Waals surface area contributed by atoms with Gasteiger partial charge in [0, 0.05) is 16.9 Å². The molecular formula is C10H9BrN2. The molecule has 0 fully saturated rings. The minimum atomic E-state index is 0.819. The van der Waals surface area contributed by atoms with Gasteiger partial charge in [-0.3, -0.25) is 0 Å². The van der Waals surface area contributed by atoms with E-state index in [1.807, 2.05) is 19.2 Å². The summed E-state index contributed by atoms with van der Waals surface area (Å²) >= 11 is 3.42. The third-order valence-electron chi connectivity index (χ3n) is 1.92. The van der Waals surface area contributed by atoms with E-state index in [0.29, 0.717) is 0 Å². The third kappa shape index (κ3) is 1.70. The van der Waals surface area contributed by atoms with Gasteiger partial charge in [0.1, 0.15) is 5.82 Å². The van der Waals surface area contributed by atoms with E-state index >= 15 is 0 Å². The molecule has 2 aromatic rings. The Morgan fingerprint density at radius 3 is 3.00 bits per heavy atom. The van der Waals surface area contributed by atoms with Crippen LogP contribution in [-0.2, 0) is 5.33 Å². The lowest BCUT2D eigenvalue weighted by atomic mass is 10.2. The lowest BCUT2D eigenvalue weighted by Gasteiger charge is -1.99. The number of aryl methyl sites for hydroxylation is 1. The summed E-state index contributed by atoms with van der Waals surface area (Å²) in [5.41, 5.74) is 2.26. The van der Waals surface area contributed by atoms with Crippen LogP contribution in [0.1, 0.15) is 11.4 Å². The molecule has 0 atom stereocenters. The summed E-state index contributed by atoms with van der Waals surface area (Å²) < 4.78 is 0. The average molecular weight is 237 g/mol. The molecule has 1 aromatic heterocycles. The molecule has 0 amide bonds. The van der Waals surface area contributed by atoms with Gasteiger partial charge >= 0.3 is 0 Å². The van der Waals surface area contributed by atoms with Crippen LogP contribution in [0.25, 0.3) is 10.9 Å². The fraction of sp³-hybridized carbons (Fsp3) is 0.200. The maximum atomic E-state index is 4.32. The van der Waals surface area contributed by atoms with Gasteiger partial charge < -0.3 is 0 Å². The molecule has 0 aliphatic carbocycles. The number of fused-ring (bicyclic) bond motifs is 1. The van der Waals surface area contributed by atoms with Crippen LogP contribution in [0.3, 0.4) is 0 Å². The number of nitrogens with zero attached hydrogens (tertiary/aromatic N) is 2. The first-order chi connectivity index (χ1) is 6.29. The maximum absolute atomic E-state index is 4.32. The van der Waals surface area contributed by atoms with Crippen molar-refractivity contribution in [2.75, 3.05) is 0 Å². The Morgan fingerprint density at radius 1 is 1.38 bits per heavy atom. The van der Waals surface area contributed by atoms with Gasteiger partial charge in [-0.2, -0.15) is 0 Å². The van der Waals surface area contributed by atoms with E-state index in [2.05, 4.69) is 38.0 Å². The van der Waals surface area contributed by atoms with Crippen molar-refractivity contribution in [3.63, 3.8) is 0 Å². The van der Waals surface area contributed by atoms with Gasteiger partial charge in [-0.25, -0.2) is 9.97 Å². The van der Waals surface area contributed by atoms with Crippen LogP contribution in [0, 0.1) is 6.92 Å². The topological polar surface area (TPSA) is 25.8 Å². The second-order valence-corrected chi connectivity index (χ2v) is 3.50. The van der Waals surface area contributed by atoms with Crippen molar-refractivity contribution in [3.8, 4) is 0 Å². The second-order valence-electron chi connectivity index (χ2n) is 2.94. The first kappa shape index (κ1) is 8.63. The Kier molecular flexibility index (Phi) is 2.27. The van der Waals surface area contributed by atoms with Crippen molar-refractivity contribution in [3.05, 3.63) is 35.8 Å². The zero-order chi connectivity index (χ0) is 9.26. The summed E-state index contributed by atoms with van der Waals surface area (Å²) in [7, 11) is 0. The fourth-order valence-electron chi connectivity index (χ4n) is 1.26. The standard InChI is InChI=1S/C10H9BrN2/c1-7-12-6-9-4-8(5-11)2-3-10(9)13-7/h2-4,6H,5H2,1H3. The lowest BCUT2D eigenvalue weighted by molar-refractivity contribution is 1.09. The van der Waals surface area contributed by atoms with Gasteiger partial charge in [0.25, 0.3) is 0 Å². The lowest BCUT2D eigenvalue weighted by Crippen LogP contribution is -1.88. The van der Waals surface area contributed by atoms with E-state index < -0.39 is 0 Å². The highest BCUT2D eigenvalue weighted by atomic mass is 79.9. The van der Waals surface area contributed by atoms with Gasteiger partial charge in [0.15, 0.2) is 0 Å². The van der Waals surface area contributed by atoms with E-state index in [9.17, 15) is 0 Å². The Morgan fingerprint density at radius 2 is 2.23 bits per heavy atom. The van der Waals surface area contributed by atoms with Crippen LogP contribution in [0.4, 0.5) is 0 Å². The smallest absolute Gasteiger partial charge is 0.125 e. The van der Waals surface area contributed by atoms with E-state index in [-0.39, 0.29) is 0 Å². The Labute approximate surface area is 85.1 Å². The van der Waals surface area contributed by atoms with Crippen molar-refractivity contribution >= 4 is 26.8 Å². The Bertz CT molecular complexity index is 440. The molecule has 0 unspecified atom stereocenters. The van der Waals surface area contributed by atoms with Gasteiger partial charge in [-0.15, -0.1) is 0 Å². The van der Waals surface area contributed by atoms with Crippen LogP contribution in [-0.4, -0.2) is 9.97 Å². The molecule has 3 heteroatoms. The normalized spacial score (nSPS) is 10.6. The van der Waals surface area contributed by atoms with Crippen molar-refractivity contribution in [1.82, 2.24) is 9.97 Å². The third-order valence-corrected chi connectivity index (χ3v) is 2.57. The summed E-state index contributed by atoms with van der Waals surface area (Å²) in [4.78, 5) is 8.48. The Hall–Kier alpha value is -0.960. The minimum absolute atomic E-state index is 0.819. The van der Waals surface area contributed by atoms with Crippen LogP contribution in [0.2, 0.25) is 0 Å². The fourth-order valence-corrected chi connectivity index (χ4v) is 1.61. The Balaban J connectivity index is 2.66. The zero-order valence-electron chi connectivity index (χ0n) is 7.29. The average Bonchev–Trinajstić information content (AvgIpc) is 2.17. The molecule has 0 saturated heterocycles. The number of alkyl halides is 1. The minimum Gasteiger partial charge on any atom is -0.241 e. The molecule has 0 saturated carbocycles. The van der Waals surface area contributed by atoms with Gasteiger partial charge in [-0.05, 0) is 24.6 Å². The molecule has 66 valence electrons. The number of aromatic nitrogens is 2. The van der Waals surface area contributed by atoms with Crippen LogP contribution in [0.15, 0.2) is 24.4 Å². The highest BCUT2D eigenvalue weighted by Crippen LogP contribution is 2.14. The zero-order valence-corrected chi connectivity index (χ0v) is 8.87. The molecule has 0 bridgehead atoms. The monoisotopic (exact) mass is 236 g/mol. The van der Waals surface area contributed by atoms with Crippen LogP contribution < -0.4 is 0 Å². The van der Waals surface area contributed by atoms with E-state index in [4.69, 9.17) is 0 Å². The molecule has 0 aliphatic rings. The van der Waals surface area contributed by atoms with E-state index in [0.717, 1.165) is 22.1 Å². The first-order valence-electron chi connectivity index (χ1n) is 4.08. The van der Waals surface area contributed by atoms with Crippen molar-refractivity contribution in [2.45, 2.75) is 12.3 Å². The molecule has 0 spiro atoms. The largest absolute Gasteiger partial charge is 0.241 e. The second kappa shape index (κ2) is 3.42. The number of halogens is 1. The molecule has 1 aromatic carbocycles. The highest BCUT2D eigenvalue weighted by molar-refractivity contribution is 9.08. The molecule has 0 aliphatic heterocycles. The predicted molar refractivity (Wildman–Crippen MR) is 56.9 cm³/mol. The van der Waals surface area contributed by atoms with Crippen molar-refractivity contribution < 1.29 is 0 Å². The SMILES string of the molecule is Cc1ncc2cc(CBr)ccc2n1. The van der Waals surface area contributed by atoms with Gasteiger partial charge in [0.2, 0.25) is 0 Å². The summed E-state index contributed by atoms with van der Waals surface area (Å²) in [5.74, 6) is 0.819. The predicted octanol–water partition coefficient (Wildman–Crippen LogP) is 2.83. The molecule has 0 radical (unpaired) electrons. The van der Waals surface area contributed by atoms with Crippen LogP contribution in [0.5, 0.6) is 0 Å². The summed E-state index contributed by atoms with van der Waals surface area (Å²) in [6.07, 6.45) is 1.86. The number of hydrogen-bond acceptors (Lipinski definition) is 2. The van der Waals surface area contributed by atoms with Crippen molar-refractivity contribution in [2.24, 2.45) is 0 Å². The quantitative estimate of drug-likeness (QED) is 0.712. The van der Waals surface area contributed by atoms with Crippen LogP contribution >= 0.6 is 15.9 Å². The molecular weight excluding hydrogens is 228 g/mol. The molecule has 0 N–H and O–H groups in total. The van der Waals surface area contributed by atoms with Gasteiger partial charge in [-0.1, -0.05) is 22.0 Å². The van der Waals surface area contributed by atoms with E-state index in [1.54, 1.807) is 0 Å². The molecule has 2 nitrogen and oxygen atoms in total. The number of hydrogen-bond donors (Lipinski definition) is 0. The van der Waals surface area contributed by atoms with Gasteiger partial charge in [0.05, 0.1) is 5.52 Å². The molecule has 13 heavy (non-hydrogen) atoms. The number of benzene rings is 1. The van der Waals surface area contributed by atoms with Crippen molar-refractivity contribution in [1.29, 1.82) is 0 Å². The highest BCUT2D eigenvalue weighted by Gasteiger charge is 1.97. The summed E-state index contributed by atoms with van der Waals surface area (Å²) in [6.45, 7) is 1.90. The molecule has 1 heterocycles. The molecule has 2 rings (SSSR count). The number of rotatable bonds is 1. The maximum Gasteiger partial charge on any atom is 0.125 e. The first-order valence-corrected chi connectivity index (χ1v) is 5.20. The summed E-state index contributed by atoms with van der Waals surface area (Å²) in [6, 6.07) is 6.20.